The number of nitrogens with one attached hydrogen (secondary N) is 1. The number of aromatic nitrogens is 2. The Kier molecular flexibility index (Phi) is 3.59. The SMILES string of the molecule is CCc1nn(C)cc1NCc1cc(C)c(C(=O)O)o1. The minimum Gasteiger partial charge on any atom is -0.475 e. The van der Waals surface area contributed by atoms with Gasteiger partial charge in [0, 0.05) is 18.8 Å². The van der Waals surface area contributed by atoms with Crippen LogP contribution in [0.4, 0.5) is 5.69 Å². The first-order valence-corrected chi connectivity index (χ1v) is 6.10. The van der Waals surface area contributed by atoms with Crippen molar-refractivity contribution in [3.63, 3.8) is 0 Å². The third-order valence-electron chi connectivity index (χ3n) is 2.86. The number of carboxylic acid groups (broad SMARTS) is 1. The van der Waals surface area contributed by atoms with Crippen molar-refractivity contribution in [3.8, 4) is 0 Å². The summed E-state index contributed by atoms with van der Waals surface area (Å²) < 4.78 is 7.04. The lowest BCUT2D eigenvalue weighted by molar-refractivity contribution is 0.0659. The topological polar surface area (TPSA) is 80.3 Å². The second-order valence-electron chi connectivity index (χ2n) is 4.40. The predicted octanol–water partition coefficient (Wildman–Crippen LogP) is 2.19. The van der Waals surface area contributed by atoms with Crippen LogP contribution in [0.15, 0.2) is 16.7 Å². The van der Waals surface area contributed by atoms with E-state index in [-0.39, 0.29) is 5.76 Å². The molecule has 6 nitrogen and oxygen atoms in total. The number of carbonyl (C=O) groups is 1. The van der Waals surface area contributed by atoms with Crippen LogP contribution in [0.2, 0.25) is 0 Å². The van der Waals surface area contributed by atoms with E-state index in [9.17, 15) is 4.79 Å². The number of hydrogen-bond acceptors (Lipinski definition) is 4. The first-order valence-electron chi connectivity index (χ1n) is 6.10. The second-order valence-corrected chi connectivity index (χ2v) is 4.40. The van der Waals surface area contributed by atoms with Gasteiger partial charge in [-0.1, -0.05) is 6.92 Å². The van der Waals surface area contributed by atoms with Gasteiger partial charge in [0.25, 0.3) is 0 Å². The third-order valence-corrected chi connectivity index (χ3v) is 2.86. The number of carboxylic acids is 1. The van der Waals surface area contributed by atoms with Gasteiger partial charge in [0.05, 0.1) is 17.9 Å². The third kappa shape index (κ3) is 2.78. The van der Waals surface area contributed by atoms with Gasteiger partial charge < -0.3 is 14.8 Å². The molecule has 2 aromatic heterocycles. The van der Waals surface area contributed by atoms with Gasteiger partial charge in [-0.25, -0.2) is 4.79 Å². The maximum atomic E-state index is 10.9. The van der Waals surface area contributed by atoms with Gasteiger partial charge >= 0.3 is 5.97 Å². The Morgan fingerprint density at radius 1 is 1.58 bits per heavy atom. The highest BCUT2D eigenvalue weighted by molar-refractivity contribution is 5.86. The molecule has 0 aliphatic rings. The zero-order valence-corrected chi connectivity index (χ0v) is 11.2. The van der Waals surface area contributed by atoms with Gasteiger partial charge in [-0.15, -0.1) is 0 Å². The van der Waals surface area contributed by atoms with Crippen molar-refractivity contribution in [2.75, 3.05) is 5.32 Å². The average molecular weight is 263 g/mol. The number of aromatic carboxylic acids is 1. The van der Waals surface area contributed by atoms with Gasteiger partial charge in [0.1, 0.15) is 5.76 Å². The molecule has 0 radical (unpaired) electrons. The lowest BCUT2D eigenvalue weighted by atomic mass is 10.2. The highest BCUT2D eigenvalue weighted by atomic mass is 16.4. The Morgan fingerprint density at radius 2 is 2.32 bits per heavy atom. The van der Waals surface area contributed by atoms with Crippen molar-refractivity contribution in [1.29, 1.82) is 0 Å². The molecule has 0 saturated heterocycles. The highest BCUT2D eigenvalue weighted by Crippen LogP contribution is 2.18. The second kappa shape index (κ2) is 5.17. The predicted molar refractivity (Wildman–Crippen MR) is 70.3 cm³/mol. The van der Waals surface area contributed by atoms with E-state index >= 15 is 0 Å². The molecule has 0 aliphatic carbocycles. The molecule has 19 heavy (non-hydrogen) atoms. The van der Waals surface area contributed by atoms with Crippen LogP contribution >= 0.6 is 0 Å². The van der Waals surface area contributed by atoms with Crippen LogP contribution in [0.5, 0.6) is 0 Å². The number of aryl methyl sites for hydroxylation is 3. The van der Waals surface area contributed by atoms with E-state index in [1.807, 2.05) is 20.2 Å². The van der Waals surface area contributed by atoms with Gasteiger partial charge in [0.15, 0.2) is 0 Å². The monoisotopic (exact) mass is 263 g/mol. The Balaban J connectivity index is 2.10. The summed E-state index contributed by atoms with van der Waals surface area (Å²) in [4.78, 5) is 10.9. The van der Waals surface area contributed by atoms with E-state index in [4.69, 9.17) is 9.52 Å². The smallest absolute Gasteiger partial charge is 0.372 e. The molecule has 0 unspecified atom stereocenters. The average Bonchev–Trinajstić information content (AvgIpc) is 2.89. The fraction of sp³-hybridized carbons (Fsp3) is 0.385. The van der Waals surface area contributed by atoms with Crippen molar-refractivity contribution in [1.82, 2.24) is 9.78 Å². The van der Waals surface area contributed by atoms with Crippen molar-refractivity contribution in [2.24, 2.45) is 7.05 Å². The van der Waals surface area contributed by atoms with Gasteiger partial charge in [0.2, 0.25) is 5.76 Å². The Bertz CT molecular complexity index is 598. The van der Waals surface area contributed by atoms with Crippen LogP contribution in [-0.4, -0.2) is 20.9 Å². The van der Waals surface area contributed by atoms with Crippen molar-refractivity contribution in [2.45, 2.75) is 26.8 Å². The zero-order chi connectivity index (χ0) is 14.0. The molecule has 0 fully saturated rings. The van der Waals surface area contributed by atoms with Crippen LogP contribution in [0.3, 0.4) is 0 Å². The van der Waals surface area contributed by atoms with Gasteiger partial charge in [-0.05, 0) is 19.4 Å². The Morgan fingerprint density at radius 3 is 2.89 bits per heavy atom. The summed E-state index contributed by atoms with van der Waals surface area (Å²) in [6.07, 6.45) is 2.73. The fourth-order valence-corrected chi connectivity index (χ4v) is 1.97. The van der Waals surface area contributed by atoms with Crippen molar-refractivity contribution < 1.29 is 14.3 Å². The summed E-state index contributed by atoms with van der Waals surface area (Å²) in [7, 11) is 1.86. The molecule has 0 bridgehead atoms. The minimum absolute atomic E-state index is 0.00120. The summed E-state index contributed by atoms with van der Waals surface area (Å²) in [5, 5.41) is 16.5. The molecule has 0 aromatic carbocycles. The standard InChI is InChI=1S/C13H17N3O3/c1-4-10-11(7-16(3)15-10)14-6-9-5-8(2)12(19-9)13(17)18/h5,7,14H,4,6H2,1-3H3,(H,17,18). The number of nitrogens with zero attached hydrogens (tertiary/aromatic N) is 2. The lowest BCUT2D eigenvalue weighted by Crippen LogP contribution is -2.00. The van der Waals surface area contributed by atoms with E-state index in [2.05, 4.69) is 10.4 Å². The Hall–Kier alpha value is -2.24. The molecule has 6 heteroatoms. The van der Waals surface area contributed by atoms with Crippen LogP contribution in [0, 0.1) is 6.92 Å². The molecule has 2 rings (SSSR count). The van der Waals surface area contributed by atoms with Gasteiger partial charge in [-0.2, -0.15) is 5.10 Å². The number of rotatable bonds is 5. The number of hydrogen-bond donors (Lipinski definition) is 2. The van der Waals surface area contributed by atoms with Gasteiger partial charge in [-0.3, -0.25) is 4.68 Å². The first-order chi connectivity index (χ1) is 9.01. The first kappa shape index (κ1) is 13.2. The van der Waals surface area contributed by atoms with Crippen LogP contribution in [0.25, 0.3) is 0 Å². The molecular weight excluding hydrogens is 246 g/mol. The molecular formula is C13H17N3O3. The quantitative estimate of drug-likeness (QED) is 0.864. The van der Waals surface area contributed by atoms with Crippen LogP contribution in [0.1, 0.15) is 34.5 Å². The summed E-state index contributed by atoms with van der Waals surface area (Å²) in [5.41, 5.74) is 2.55. The molecule has 0 atom stereocenters. The molecule has 0 aliphatic heterocycles. The number of furan rings is 1. The normalized spacial score (nSPS) is 10.7. The molecule has 0 spiro atoms. The summed E-state index contributed by atoms with van der Waals surface area (Å²) in [6, 6.07) is 1.73. The van der Waals surface area contributed by atoms with E-state index < -0.39 is 5.97 Å². The maximum absolute atomic E-state index is 10.9. The Labute approximate surface area is 111 Å². The zero-order valence-electron chi connectivity index (χ0n) is 11.2. The summed E-state index contributed by atoms with van der Waals surface area (Å²) in [6.45, 7) is 4.19. The summed E-state index contributed by atoms with van der Waals surface area (Å²) in [5.74, 6) is -0.445. The fourth-order valence-electron chi connectivity index (χ4n) is 1.97. The van der Waals surface area contributed by atoms with Crippen LogP contribution < -0.4 is 5.32 Å². The summed E-state index contributed by atoms with van der Waals surface area (Å²) >= 11 is 0. The molecule has 0 amide bonds. The largest absolute Gasteiger partial charge is 0.475 e. The molecule has 2 heterocycles. The van der Waals surface area contributed by atoms with E-state index in [0.717, 1.165) is 17.8 Å². The van der Waals surface area contributed by atoms with E-state index in [0.29, 0.717) is 17.9 Å². The van der Waals surface area contributed by atoms with E-state index in [1.54, 1.807) is 17.7 Å². The lowest BCUT2D eigenvalue weighted by Gasteiger charge is -2.02. The molecule has 2 N–H and O–H groups in total. The van der Waals surface area contributed by atoms with Crippen molar-refractivity contribution >= 4 is 11.7 Å². The number of anilines is 1. The van der Waals surface area contributed by atoms with E-state index in [1.165, 1.54) is 0 Å². The minimum atomic E-state index is -1.04. The van der Waals surface area contributed by atoms with Crippen LogP contribution in [-0.2, 0) is 20.0 Å². The molecule has 102 valence electrons. The molecule has 2 aromatic rings. The maximum Gasteiger partial charge on any atom is 0.372 e. The molecule has 0 saturated carbocycles. The van der Waals surface area contributed by atoms with Crippen molar-refractivity contribution in [3.05, 3.63) is 35.0 Å². The highest BCUT2D eigenvalue weighted by Gasteiger charge is 2.14.